The zero-order valence-electron chi connectivity index (χ0n) is 12.3. The van der Waals surface area contributed by atoms with Crippen LogP contribution in [0.5, 0.6) is 11.5 Å². The Hall–Kier alpha value is -2.09. The second-order valence-electron chi connectivity index (χ2n) is 4.75. The van der Waals surface area contributed by atoms with E-state index in [0.29, 0.717) is 11.5 Å². The Morgan fingerprint density at radius 3 is 1.43 bits per heavy atom. The van der Waals surface area contributed by atoms with E-state index in [1.54, 1.807) is 60.7 Å². The van der Waals surface area contributed by atoms with Crippen molar-refractivity contribution in [3.8, 4) is 11.5 Å². The van der Waals surface area contributed by atoms with Crippen LogP contribution in [0.3, 0.4) is 0 Å². The maximum Gasteiger partial charge on any atom is 0.210 e. The first kappa shape index (κ1) is 17.3. The van der Waals surface area contributed by atoms with Crippen molar-refractivity contribution in [3.05, 3.63) is 60.7 Å². The predicted octanol–water partition coefficient (Wildman–Crippen LogP) is 1.20. The Kier molecular flexibility index (Phi) is 5.97. The zero-order valence-corrected chi connectivity index (χ0v) is 13.1. The lowest BCUT2D eigenvalue weighted by molar-refractivity contribution is 0.136. The molecule has 0 aliphatic heterocycles. The summed E-state index contributed by atoms with van der Waals surface area (Å²) in [6, 6.07) is 17.0. The van der Waals surface area contributed by atoms with Crippen molar-refractivity contribution in [2.75, 3.05) is 13.2 Å². The van der Waals surface area contributed by atoms with E-state index in [0.717, 1.165) is 0 Å². The highest BCUT2D eigenvalue weighted by Gasteiger charge is 2.32. The summed E-state index contributed by atoms with van der Waals surface area (Å²) < 4.78 is 34.4. The fraction of sp³-hybridized carbons (Fsp3) is 0.250. The van der Waals surface area contributed by atoms with E-state index in [2.05, 4.69) is 0 Å². The summed E-state index contributed by atoms with van der Waals surface area (Å²) in [4.78, 5) is 0. The standard InChI is InChI=1S/C16H18O6S/c17-15(11-21-13-7-3-1-4-8-13)23(19,20)16(18)12-22-14-9-5-2-6-10-14/h1-10,15-18H,11-12H2. The van der Waals surface area contributed by atoms with Crippen molar-refractivity contribution in [1.29, 1.82) is 0 Å². The third kappa shape index (κ3) is 4.95. The minimum Gasteiger partial charge on any atom is -0.490 e. The molecule has 124 valence electrons. The van der Waals surface area contributed by atoms with Gasteiger partial charge in [0.1, 0.15) is 24.7 Å². The lowest BCUT2D eigenvalue weighted by Crippen LogP contribution is -2.39. The fourth-order valence-corrected chi connectivity index (χ4v) is 2.62. The molecule has 0 radical (unpaired) electrons. The van der Waals surface area contributed by atoms with Crippen LogP contribution in [0.1, 0.15) is 0 Å². The van der Waals surface area contributed by atoms with Crippen LogP contribution < -0.4 is 9.47 Å². The van der Waals surface area contributed by atoms with Gasteiger partial charge in [-0.15, -0.1) is 0 Å². The number of hydrogen-bond acceptors (Lipinski definition) is 6. The summed E-state index contributed by atoms with van der Waals surface area (Å²) >= 11 is 0. The van der Waals surface area contributed by atoms with Crippen LogP contribution in [-0.4, -0.2) is 42.7 Å². The first-order valence-electron chi connectivity index (χ1n) is 6.94. The Bertz CT molecular complexity index is 632. The Morgan fingerprint density at radius 1 is 0.739 bits per heavy atom. The molecule has 0 spiro atoms. The molecule has 2 aromatic carbocycles. The van der Waals surface area contributed by atoms with E-state index in [9.17, 15) is 18.6 Å². The molecule has 2 atom stereocenters. The van der Waals surface area contributed by atoms with Crippen LogP contribution in [0.15, 0.2) is 60.7 Å². The van der Waals surface area contributed by atoms with Crippen LogP contribution in [0, 0.1) is 0 Å². The second-order valence-corrected chi connectivity index (χ2v) is 7.01. The summed E-state index contributed by atoms with van der Waals surface area (Å²) in [5, 5.41) is 19.6. The van der Waals surface area contributed by atoms with Gasteiger partial charge in [0.15, 0.2) is 10.9 Å². The zero-order chi connectivity index (χ0) is 16.7. The molecular weight excluding hydrogens is 320 g/mol. The molecule has 0 bridgehead atoms. The molecule has 0 saturated heterocycles. The van der Waals surface area contributed by atoms with E-state index >= 15 is 0 Å². The van der Waals surface area contributed by atoms with Gasteiger partial charge in [0.2, 0.25) is 9.84 Å². The number of benzene rings is 2. The lowest BCUT2D eigenvalue weighted by Gasteiger charge is -2.18. The molecular formula is C16H18O6S. The van der Waals surface area contributed by atoms with Gasteiger partial charge in [-0.2, -0.15) is 0 Å². The van der Waals surface area contributed by atoms with Gasteiger partial charge in [0.05, 0.1) is 0 Å². The van der Waals surface area contributed by atoms with Crippen molar-refractivity contribution in [2.45, 2.75) is 10.9 Å². The molecule has 0 aliphatic carbocycles. The Morgan fingerprint density at radius 2 is 1.09 bits per heavy atom. The van der Waals surface area contributed by atoms with Crippen molar-refractivity contribution in [2.24, 2.45) is 0 Å². The molecule has 7 heteroatoms. The fourth-order valence-electron chi connectivity index (χ4n) is 1.74. The largest absolute Gasteiger partial charge is 0.490 e. The lowest BCUT2D eigenvalue weighted by atomic mass is 10.3. The van der Waals surface area contributed by atoms with E-state index in [4.69, 9.17) is 9.47 Å². The first-order chi connectivity index (χ1) is 11.0. The van der Waals surface area contributed by atoms with Crippen molar-refractivity contribution >= 4 is 9.84 Å². The van der Waals surface area contributed by atoms with Gasteiger partial charge in [0.25, 0.3) is 0 Å². The van der Waals surface area contributed by atoms with Gasteiger partial charge in [0, 0.05) is 0 Å². The topological polar surface area (TPSA) is 93.1 Å². The average Bonchev–Trinajstić information content (AvgIpc) is 2.59. The van der Waals surface area contributed by atoms with Crippen molar-refractivity contribution in [1.82, 2.24) is 0 Å². The number of para-hydroxylation sites is 2. The molecule has 0 aromatic heterocycles. The molecule has 2 aromatic rings. The Labute approximate surface area is 134 Å². The van der Waals surface area contributed by atoms with Gasteiger partial charge < -0.3 is 19.7 Å². The van der Waals surface area contributed by atoms with Gasteiger partial charge in [-0.25, -0.2) is 8.42 Å². The minimum absolute atomic E-state index is 0.428. The van der Waals surface area contributed by atoms with E-state index < -0.39 is 33.9 Å². The van der Waals surface area contributed by atoms with Gasteiger partial charge >= 0.3 is 0 Å². The van der Waals surface area contributed by atoms with E-state index in [1.807, 2.05) is 0 Å². The number of aliphatic hydroxyl groups is 2. The second kappa shape index (κ2) is 7.96. The van der Waals surface area contributed by atoms with Crippen molar-refractivity contribution < 1.29 is 28.1 Å². The van der Waals surface area contributed by atoms with Gasteiger partial charge in [-0.3, -0.25) is 0 Å². The molecule has 23 heavy (non-hydrogen) atoms. The number of aliphatic hydroxyl groups excluding tert-OH is 2. The van der Waals surface area contributed by atoms with E-state index in [-0.39, 0.29) is 0 Å². The predicted molar refractivity (Wildman–Crippen MR) is 84.8 cm³/mol. The summed E-state index contributed by atoms with van der Waals surface area (Å²) in [6.07, 6.45) is 0. The molecule has 0 aliphatic rings. The SMILES string of the molecule is O=S(=O)(C(O)COc1ccccc1)C(O)COc1ccccc1. The van der Waals surface area contributed by atoms with E-state index in [1.165, 1.54) is 0 Å². The molecule has 0 fully saturated rings. The van der Waals surface area contributed by atoms with Crippen LogP contribution in [0.25, 0.3) is 0 Å². The molecule has 6 nitrogen and oxygen atoms in total. The molecule has 0 amide bonds. The van der Waals surface area contributed by atoms with Gasteiger partial charge in [-0.05, 0) is 24.3 Å². The van der Waals surface area contributed by atoms with Crippen LogP contribution in [-0.2, 0) is 9.84 Å². The van der Waals surface area contributed by atoms with Gasteiger partial charge in [-0.1, -0.05) is 36.4 Å². The monoisotopic (exact) mass is 338 g/mol. The quantitative estimate of drug-likeness (QED) is 0.751. The normalized spacial score (nSPS) is 14.0. The summed E-state index contributed by atoms with van der Waals surface area (Å²) in [6.45, 7) is -0.955. The van der Waals surface area contributed by atoms with Crippen LogP contribution in [0.4, 0.5) is 0 Å². The maximum absolute atomic E-state index is 12.0. The summed E-state index contributed by atoms with van der Waals surface area (Å²) in [5.74, 6) is 0.855. The number of sulfone groups is 1. The highest BCUT2D eigenvalue weighted by atomic mass is 32.2. The third-order valence-electron chi connectivity index (χ3n) is 3.03. The molecule has 0 saturated carbocycles. The van der Waals surface area contributed by atoms with Crippen LogP contribution >= 0.6 is 0 Å². The maximum atomic E-state index is 12.0. The molecule has 2 rings (SSSR count). The van der Waals surface area contributed by atoms with Crippen LogP contribution in [0.2, 0.25) is 0 Å². The Balaban J connectivity index is 1.88. The highest BCUT2D eigenvalue weighted by Crippen LogP contribution is 2.14. The molecule has 0 heterocycles. The molecule has 2 unspecified atom stereocenters. The third-order valence-corrected chi connectivity index (χ3v) is 4.82. The highest BCUT2D eigenvalue weighted by molar-refractivity contribution is 7.92. The number of ether oxygens (including phenoxy) is 2. The number of hydrogen-bond donors (Lipinski definition) is 2. The summed E-state index contributed by atoms with van der Waals surface area (Å²) in [7, 11) is -4.22. The summed E-state index contributed by atoms with van der Waals surface area (Å²) in [5.41, 5.74) is -3.70. The molecule has 2 N–H and O–H groups in total. The minimum atomic E-state index is -4.22. The average molecular weight is 338 g/mol. The van der Waals surface area contributed by atoms with Crippen molar-refractivity contribution in [3.63, 3.8) is 0 Å². The first-order valence-corrected chi connectivity index (χ1v) is 8.55. The smallest absolute Gasteiger partial charge is 0.210 e. The number of rotatable bonds is 8.